The summed E-state index contributed by atoms with van der Waals surface area (Å²) in [7, 11) is 0. The van der Waals surface area contributed by atoms with Crippen molar-refractivity contribution >= 4 is 0 Å². The van der Waals surface area contributed by atoms with E-state index >= 15 is 0 Å². The van der Waals surface area contributed by atoms with Crippen molar-refractivity contribution in [2.24, 2.45) is 0 Å². The minimum atomic E-state index is -0.138. The lowest BCUT2D eigenvalue weighted by molar-refractivity contribution is -0.0758. The molecule has 0 radical (unpaired) electrons. The molecule has 0 fully saturated rings. The van der Waals surface area contributed by atoms with Crippen LogP contribution in [0.15, 0.2) is 24.3 Å². The first-order valence-electron chi connectivity index (χ1n) is 5.50. The molecule has 0 unspecified atom stereocenters. The highest BCUT2D eigenvalue weighted by molar-refractivity contribution is 5.26. The van der Waals surface area contributed by atoms with Gasteiger partial charge in [-0.3, -0.25) is 4.84 Å². The summed E-state index contributed by atoms with van der Waals surface area (Å²) < 4.78 is 0. The quantitative estimate of drug-likeness (QED) is 0.766. The normalized spacial score (nSPS) is 11.7. The van der Waals surface area contributed by atoms with Gasteiger partial charge in [0.1, 0.15) is 0 Å². The average Bonchev–Trinajstić information content (AvgIpc) is 2.16. The molecule has 1 aromatic rings. The number of nitrogens with one attached hydrogen (secondary N) is 1. The van der Waals surface area contributed by atoms with Crippen LogP contribution in [0.25, 0.3) is 0 Å². The lowest BCUT2D eigenvalue weighted by Gasteiger charge is -2.20. The molecule has 0 atom stereocenters. The Morgan fingerprint density at radius 2 is 1.73 bits per heavy atom. The first-order valence-corrected chi connectivity index (χ1v) is 5.50. The van der Waals surface area contributed by atoms with Crippen LogP contribution in [0, 0.1) is 0 Å². The van der Waals surface area contributed by atoms with Gasteiger partial charge in [-0.05, 0) is 38.3 Å². The van der Waals surface area contributed by atoms with E-state index in [-0.39, 0.29) is 5.60 Å². The third-order valence-electron chi connectivity index (χ3n) is 2.14. The summed E-state index contributed by atoms with van der Waals surface area (Å²) >= 11 is 0. The summed E-state index contributed by atoms with van der Waals surface area (Å²) in [6.07, 6.45) is 1.06. The Labute approximate surface area is 92.6 Å². The van der Waals surface area contributed by atoms with E-state index < -0.39 is 0 Å². The second kappa shape index (κ2) is 5.29. The third-order valence-corrected chi connectivity index (χ3v) is 2.14. The van der Waals surface area contributed by atoms with Gasteiger partial charge in [-0.15, -0.1) is 0 Å². The second-order valence-corrected chi connectivity index (χ2v) is 4.66. The molecule has 0 saturated heterocycles. The van der Waals surface area contributed by atoms with E-state index in [1.54, 1.807) is 0 Å². The molecule has 0 amide bonds. The molecule has 0 aliphatic rings. The summed E-state index contributed by atoms with van der Waals surface area (Å²) in [4.78, 5) is 5.48. The van der Waals surface area contributed by atoms with Gasteiger partial charge in [-0.2, -0.15) is 5.48 Å². The lowest BCUT2D eigenvalue weighted by Crippen LogP contribution is -2.28. The molecule has 84 valence electrons. The molecular formula is C13H21NO. The van der Waals surface area contributed by atoms with E-state index in [0.29, 0.717) is 0 Å². The topological polar surface area (TPSA) is 21.3 Å². The van der Waals surface area contributed by atoms with Gasteiger partial charge in [-0.1, -0.05) is 31.2 Å². The number of hydroxylamine groups is 1. The highest BCUT2D eigenvalue weighted by atomic mass is 16.7. The Morgan fingerprint density at radius 1 is 1.13 bits per heavy atom. The molecule has 1 aromatic carbocycles. The van der Waals surface area contributed by atoms with Crippen LogP contribution < -0.4 is 5.48 Å². The van der Waals surface area contributed by atoms with E-state index in [2.05, 4.69) is 36.7 Å². The van der Waals surface area contributed by atoms with Gasteiger partial charge in [0.2, 0.25) is 0 Å². The molecule has 0 aliphatic carbocycles. The van der Waals surface area contributed by atoms with E-state index in [4.69, 9.17) is 4.84 Å². The summed E-state index contributed by atoms with van der Waals surface area (Å²) in [5, 5.41) is 0. The zero-order valence-corrected chi connectivity index (χ0v) is 10.1. The summed E-state index contributed by atoms with van der Waals surface area (Å²) in [6.45, 7) is 9.04. The molecule has 1 N–H and O–H groups in total. The van der Waals surface area contributed by atoms with E-state index in [1.807, 2.05) is 20.8 Å². The molecule has 1 rings (SSSR count). The van der Waals surface area contributed by atoms with Gasteiger partial charge in [0, 0.05) is 6.54 Å². The smallest absolute Gasteiger partial charge is 0.0813 e. The monoisotopic (exact) mass is 207 g/mol. The Hall–Kier alpha value is -0.860. The molecule has 15 heavy (non-hydrogen) atoms. The molecule has 0 aliphatic heterocycles. The van der Waals surface area contributed by atoms with Crippen LogP contribution in [-0.4, -0.2) is 5.60 Å². The molecular weight excluding hydrogens is 186 g/mol. The van der Waals surface area contributed by atoms with Crippen LogP contribution in [0.2, 0.25) is 0 Å². The van der Waals surface area contributed by atoms with Crippen LogP contribution in [0.4, 0.5) is 0 Å². The Morgan fingerprint density at radius 3 is 2.27 bits per heavy atom. The van der Waals surface area contributed by atoms with Gasteiger partial charge in [0.05, 0.1) is 5.60 Å². The number of benzene rings is 1. The third kappa shape index (κ3) is 4.45. The molecule has 0 spiro atoms. The standard InChI is InChI=1S/C13H21NO/c1-5-11-8-6-7-9-12(11)10-14-15-13(2,3)4/h6-9,14H,5,10H2,1-4H3. The molecule has 0 heterocycles. The zero-order valence-electron chi connectivity index (χ0n) is 10.1. The lowest BCUT2D eigenvalue weighted by atomic mass is 10.1. The summed E-state index contributed by atoms with van der Waals surface area (Å²) in [5.41, 5.74) is 5.57. The van der Waals surface area contributed by atoms with Crippen molar-refractivity contribution < 1.29 is 4.84 Å². The van der Waals surface area contributed by atoms with Gasteiger partial charge >= 0.3 is 0 Å². The van der Waals surface area contributed by atoms with Gasteiger partial charge in [-0.25, -0.2) is 0 Å². The summed E-state index contributed by atoms with van der Waals surface area (Å²) in [5.74, 6) is 0. The Kier molecular flexibility index (Phi) is 4.30. The van der Waals surface area contributed by atoms with Crippen LogP contribution >= 0.6 is 0 Å². The van der Waals surface area contributed by atoms with Crippen molar-refractivity contribution in [3.05, 3.63) is 35.4 Å². The van der Waals surface area contributed by atoms with Crippen LogP contribution in [0.1, 0.15) is 38.8 Å². The Balaban J connectivity index is 2.50. The highest BCUT2D eigenvalue weighted by Gasteiger charge is 2.10. The van der Waals surface area contributed by atoms with E-state index in [1.165, 1.54) is 11.1 Å². The maximum atomic E-state index is 5.48. The maximum Gasteiger partial charge on any atom is 0.0813 e. The number of aryl methyl sites for hydroxylation is 1. The van der Waals surface area contributed by atoms with Crippen molar-refractivity contribution in [2.45, 2.75) is 46.3 Å². The minimum Gasteiger partial charge on any atom is -0.296 e. The predicted octanol–water partition coefficient (Wildman–Crippen LogP) is 3.07. The van der Waals surface area contributed by atoms with Gasteiger partial charge in [0.25, 0.3) is 0 Å². The van der Waals surface area contributed by atoms with E-state index in [0.717, 1.165) is 13.0 Å². The van der Waals surface area contributed by atoms with Gasteiger partial charge in [0.15, 0.2) is 0 Å². The molecule has 0 aromatic heterocycles. The second-order valence-electron chi connectivity index (χ2n) is 4.66. The summed E-state index contributed by atoms with van der Waals surface area (Å²) in [6, 6.07) is 8.44. The van der Waals surface area contributed by atoms with Crippen molar-refractivity contribution in [3.8, 4) is 0 Å². The first-order chi connectivity index (χ1) is 7.03. The van der Waals surface area contributed by atoms with E-state index in [9.17, 15) is 0 Å². The largest absolute Gasteiger partial charge is 0.296 e. The minimum absolute atomic E-state index is 0.138. The van der Waals surface area contributed by atoms with Crippen LogP contribution in [0.3, 0.4) is 0 Å². The first kappa shape index (κ1) is 12.2. The van der Waals surface area contributed by atoms with Crippen molar-refractivity contribution in [3.63, 3.8) is 0 Å². The molecule has 0 bridgehead atoms. The maximum absolute atomic E-state index is 5.48. The average molecular weight is 207 g/mol. The SMILES string of the molecule is CCc1ccccc1CNOC(C)(C)C. The van der Waals surface area contributed by atoms with Crippen LogP contribution in [-0.2, 0) is 17.8 Å². The molecule has 0 saturated carbocycles. The van der Waals surface area contributed by atoms with Crippen molar-refractivity contribution in [1.29, 1.82) is 0 Å². The van der Waals surface area contributed by atoms with Gasteiger partial charge < -0.3 is 0 Å². The molecule has 2 nitrogen and oxygen atoms in total. The fraction of sp³-hybridized carbons (Fsp3) is 0.538. The zero-order chi connectivity index (χ0) is 11.3. The molecule has 2 heteroatoms. The fourth-order valence-electron chi connectivity index (χ4n) is 1.41. The predicted molar refractivity (Wildman–Crippen MR) is 63.5 cm³/mol. The van der Waals surface area contributed by atoms with Crippen molar-refractivity contribution in [2.75, 3.05) is 0 Å². The highest BCUT2D eigenvalue weighted by Crippen LogP contribution is 2.10. The van der Waals surface area contributed by atoms with Crippen molar-refractivity contribution in [1.82, 2.24) is 5.48 Å². The fourth-order valence-corrected chi connectivity index (χ4v) is 1.41. The number of hydrogen-bond donors (Lipinski definition) is 1. The number of rotatable bonds is 4. The van der Waals surface area contributed by atoms with Crippen LogP contribution in [0.5, 0.6) is 0 Å². The number of hydrogen-bond acceptors (Lipinski definition) is 2. The Bertz CT molecular complexity index is 302.